The van der Waals surface area contributed by atoms with Crippen molar-refractivity contribution < 1.29 is 19.4 Å². The van der Waals surface area contributed by atoms with Crippen molar-refractivity contribution in [2.24, 2.45) is 22.7 Å². The number of fused-ring (bicyclic) bond motifs is 5. The van der Waals surface area contributed by atoms with Gasteiger partial charge < -0.3 is 19.4 Å². The van der Waals surface area contributed by atoms with Crippen molar-refractivity contribution in [3.63, 3.8) is 0 Å². The summed E-state index contributed by atoms with van der Waals surface area (Å²) >= 11 is 0. The summed E-state index contributed by atoms with van der Waals surface area (Å²) in [5.41, 5.74) is -1.04. The molecule has 0 aromatic carbocycles. The van der Waals surface area contributed by atoms with Crippen molar-refractivity contribution in [2.45, 2.75) is 94.8 Å². The van der Waals surface area contributed by atoms with Gasteiger partial charge in [-0.1, -0.05) is 13.8 Å². The van der Waals surface area contributed by atoms with E-state index < -0.39 is 11.2 Å². The van der Waals surface area contributed by atoms with E-state index in [0.29, 0.717) is 12.0 Å². The van der Waals surface area contributed by atoms with Gasteiger partial charge in [-0.3, -0.25) is 4.90 Å². The molecule has 0 amide bonds. The number of hydrogen-bond donors (Lipinski definition) is 2. The maximum absolute atomic E-state index is 12.4. The van der Waals surface area contributed by atoms with Crippen LogP contribution in [0.2, 0.25) is 0 Å². The van der Waals surface area contributed by atoms with E-state index in [4.69, 9.17) is 9.15 Å². The number of rotatable bonds is 2. The van der Waals surface area contributed by atoms with Gasteiger partial charge in [0.1, 0.15) is 0 Å². The molecule has 0 unspecified atom stereocenters. The normalized spacial score (nSPS) is 49.2. The predicted octanol–water partition coefficient (Wildman–Crippen LogP) is 3.70. The lowest BCUT2D eigenvalue weighted by molar-refractivity contribution is -0.251. The van der Waals surface area contributed by atoms with Gasteiger partial charge in [-0.15, -0.1) is 0 Å². The van der Waals surface area contributed by atoms with Crippen LogP contribution < -0.4 is 5.63 Å². The molecule has 188 valence electrons. The summed E-state index contributed by atoms with van der Waals surface area (Å²) < 4.78 is 10.8. The zero-order valence-electron chi connectivity index (χ0n) is 20.8. The Bertz CT molecular complexity index is 969. The van der Waals surface area contributed by atoms with E-state index in [0.717, 1.165) is 89.7 Å². The highest BCUT2D eigenvalue weighted by atomic mass is 16.5. The minimum Gasteiger partial charge on any atom is -0.431 e. The first-order valence-corrected chi connectivity index (χ1v) is 13.6. The quantitative estimate of drug-likeness (QED) is 0.685. The maximum atomic E-state index is 12.4. The summed E-state index contributed by atoms with van der Waals surface area (Å²) in [5, 5.41) is 24.6. The molecule has 1 aliphatic heterocycles. The highest BCUT2D eigenvalue weighted by molar-refractivity contribution is 5.27. The summed E-state index contributed by atoms with van der Waals surface area (Å²) in [6.07, 6.45) is 10.0. The molecule has 6 heteroatoms. The standard InChI is InChI=1S/C28H41NO5/c1-25-9-5-20(29-13-15-33-16-14-29)17-27(25,31)11-7-23-22(25)6-10-26(2)21(8-12-28(23,26)32)19-3-4-24(30)34-18-19/h3-4,18,20-23,31-32H,5-17H2,1-2H3/t20-,21+,22-,23+,25+,26+,27-,28-/m0/s1. The van der Waals surface area contributed by atoms with E-state index in [1.807, 2.05) is 6.07 Å². The first-order chi connectivity index (χ1) is 16.2. The van der Waals surface area contributed by atoms with Crippen LogP contribution >= 0.6 is 0 Å². The lowest BCUT2D eigenvalue weighted by atomic mass is 9.41. The van der Waals surface area contributed by atoms with Gasteiger partial charge in [-0.05, 0) is 92.6 Å². The van der Waals surface area contributed by atoms with Crippen LogP contribution in [-0.2, 0) is 4.74 Å². The molecule has 0 bridgehead atoms. The molecular formula is C28H41NO5. The molecule has 0 spiro atoms. The van der Waals surface area contributed by atoms with Crippen molar-refractivity contribution in [3.8, 4) is 0 Å². The van der Waals surface area contributed by atoms with Crippen LogP contribution in [0.5, 0.6) is 0 Å². The predicted molar refractivity (Wildman–Crippen MR) is 129 cm³/mol. The second kappa shape index (κ2) is 7.89. The molecular weight excluding hydrogens is 430 g/mol. The van der Waals surface area contributed by atoms with E-state index in [9.17, 15) is 15.0 Å². The van der Waals surface area contributed by atoms with Crippen molar-refractivity contribution in [1.82, 2.24) is 4.90 Å². The van der Waals surface area contributed by atoms with Crippen molar-refractivity contribution in [2.75, 3.05) is 26.3 Å². The van der Waals surface area contributed by atoms with Gasteiger partial charge in [0.05, 0.1) is 30.7 Å². The molecule has 4 saturated carbocycles. The van der Waals surface area contributed by atoms with Crippen molar-refractivity contribution in [3.05, 3.63) is 34.4 Å². The van der Waals surface area contributed by atoms with E-state index in [1.54, 1.807) is 6.26 Å². The van der Waals surface area contributed by atoms with Gasteiger partial charge >= 0.3 is 5.63 Å². The van der Waals surface area contributed by atoms with Gasteiger partial charge in [-0.2, -0.15) is 0 Å². The molecule has 2 heterocycles. The van der Waals surface area contributed by atoms with Crippen LogP contribution in [0, 0.1) is 22.7 Å². The average Bonchev–Trinajstić information content (AvgIpc) is 3.11. The SMILES string of the molecule is C[C@]12CC[C@H](N3CCOCC3)C[C@@]1(O)CC[C@@H]1[C@@H]2CC[C@]2(C)[C@@H](c3ccc(=O)oc3)CC[C@]12O. The Hall–Kier alpha value is -1.21. The minimum absolute atomic E-state index is 0.145. The van der Waals surface area contributed by atoms with Crippen LogP contribution in [0.1, 0.15) is 83.1 Å². The third-order valence-electron chi connectivity index (χ3n) is 11.7. The second-order valence-electron chi connectivity index (χ2n) is 12.6. The fraction of sp³-hybridized carbons (Fsp3) is 0.821. The van der Waals surface area contributed by atoms with E-state index in [1.165, 1.54) is 6.07 Å². The van der Waals surface area contributed by atoms with Gasteiger partial charge in [0, 0.05) is 30.6 Å². The Morgan fingerprint density at radius 2 is 1.65 bits per heavy atom. The molecule has 5 fully saturated rings. The van der Waals surface area contributed by atoms with Crippen LogP contribution in [0.3, 0.4) is 0 Å². The van der Waals surface area contributed by atoms with Crippen LogP contribution in [0.4, 0.5) is 0 Å². The Morgan fingerprint density at radius 3 is 2.38 bits per heavy atom. The third kappa shape index (κ3) is 3.11. The van der Waals surface area contributed by atoms with Crippen LogP contribution in [0.25, 0.3) is 0 Å². The molecule has 6 nitrogen and oxygen atoms in total. The first-order valence-electron chi connectivity index (χ1n) is 13.6. The second-order valence-corrected chi connectivity index (χ2v) is 12.6. The molecule has 1 aromatic rings. The van der Waals surface area contributed by atoms with Crippen LogP contribution in [0.15, 0.2) is 27.6 Å². The summed E-state index contributed by atoms with van der Waals surface area (Å²) in [5.74, 6) is 0.771. The number of ether oxygens (including phenoxy) is 1. The summed E-state index contributed by atoms with van der Waals surface area (Å²) in [6.45, 7) is 8.16. The number of morpholine rings is 1. The highest BCUT2D eigenvalue weighted by Gasteiger charge is 2.70. The minimum atomic E-state index is -0.734. The molecule has 1 aromatic heterocycles. The monoisotopic (exact) mass is 471 g/mol. The lowest BCUT2D eigenvalue weighted by Gasteiger charge is -2.66. The van der Waals surface area contributed by atoms with E-state index in [2.05, 4.69) is 18.7 Å². The number of aliphatic hydroxyl groups is 2. The highest BCUT2D eigenvalue weighted by Crippen LogP contribution is 2.71. The average molecular weight is 472 g/mol. The topological polar surface area (TPSA) is 83.1 Å². The first kappa shape index (κ1) is 23.2. The van der Waals surface area contributed by atoms with Gasteiger partial charge in [0.2, 0.25) is 0 Å². The van der Waals surface area contributed by atoms with Gasteiger partial charge in [0.15, 0.2) is 0 Å². The molecule has 4 aliphatic carbocycles. The Morgan fingerprint density at radius 1 is 0.912 bits per heavy atom. The Labute approximate surface area is 202 Å². The molecule has 2 N–H and O–H groups in total. The van der Waals surface area contributed by atoms with Crippen molar-refractivity contribution in [1.29, 1.82) is 0 Å². The largest absolute Gasteiger partial charge is 0.431 e. The smallest absolute Gasteiger partial charge is 0.335 e. The zero-order valence-corrected chi connectivity index (χ0v) is 20.8. The molecule has 5 aliphatic rings. The molecule has 8 atom stereocenters. The molecule has 6 rings (SSSR count). The van der Waals surface area contributed by atoms with Crippen molar-refractivity contribution >= 4 is 0 Å². The fourth-order valence-electron chi connectivity index (χ4n) is 9.55. The molecule has 0 radical (unpaired) electrons. The summed E-state index contributed by atoms with van der Waals surface area (Å²) in [7, 11) is 0. The zero-order chi connectivity index (χ0) is 23.8. The summed E-state index contributed by atoms with van der Waals surface area (Å²) in [4.78, 5) is 14.1. The lowest BCUT2D eigenvalue weighted by Crippen LogP contribution is -2.68. The molecule has 34 heavy (non-hydrogen) atoms. The summed E-state index contributed by atoms with van der Waals surface area (Å²) in [6, 6.07) is 3.85. The van der Waals surface area contributed by atoms with Crippen LogP contribution in [-0.4, -0.2) is 58.7 Å². The Balaban J connectivity index is 1.27. The van der Waals surface area contributed by atoms with E-state index in [-0.39, 0.29) is 28.3 Å². The number of nitrogens with zero attached hydrogens (tertiary/aromatic N) is 1. The maximum Gasteiger partial charge on any atom is 0.335 e. The molecule has 1 saturated heterocycles. The van der Waals surface area contributed by atoms with Gasteiger partial charge in [0.25, 0.3) is 0 Å². The Kier molecular flexibility index (Phi) is 5.39. The number of hydrogen-bond acceptors (Lipinski definition) is 6. The van der Waals surface area contributed by atoms with E-state index >= 15 is 0 Å². The fourth-order valence-corrected chi connectivity index (χ4v) is 9.55. The third-order valence-corrected chi connectivity index (χ3v) is 11.7. The van der Waals surface area contributed by atoms with Gasteiger partial charge in [-0.25, -0.2) is 4.79 Å².